The van der Waals surface area contributed by atoms with Crippen LogP contribution in [0.2, 0.25) is 0 Å². The zero-order valence-corrected chi connectivity index (χ0v) is 16.0. The van der Waals surface area contributed by atoms with Gasteiger partial charge < -0.3 is 14.2 Å². The van der Waals surface area contributed by atoms with Crippen LogP contribution in [0, 0.1) is 0 Å². The topological polar surface area (TPSA) is 114 Å². The van der Waals surface area contributed by atoms with Gasteiger partial charge in [-0.05, 0) is 49.4 Å². The lowest BCUT2D eigenvalue weighted by atomic mass is 10.2. The first-order valence-electron chi connectivity index (χ1n) is 8.63. The molecule has 0 saturated carbocycles. The smallest absolute Gasteiger partial charge is 0.241 e. The van der Waals surface area contributed by atoms with Gasteiger partial charge in [0.1, 0.15) is 11.5 Å². The van der Waals surface area contributed by atoms with E-state index in [1.807, 2.05) is 13.0 Å². The Kier molecular flexibility index (Phi) is 6.30. The van der Waals surface area contributed by atoms with Crippen LogP contribution in [0.1, 0.15) is 24.5 Å². The van der Waals surface area contributed by atoms with Crippen molar-refractivity contribution < 1.29 is 22.0 Å². The maximum atomic E-state index is 12.4. The number of carbonyl (C=O) groups is 1. The molecule has 0 aliphatic heterocycles. The summed E-state index contributed by atoms with van der Waals surface area (Å²) in [5.74, 6) is 0.935. The summed E-state index contributed by atoms with van der Waals surface area (Å²) in [4.78, 5) is 12.2. The Morgan fingerprint density at radius 1 is 1.07 bits per heavy atom. The minimum Gasteiger partial charge on any atom is -0.468 e. The minimum absolute atomic E-state index is 0.0422. The molecule has 0 bridgehead atoms. The molecule has 28 heavy (non-hydrogen) atoms. The second-order valence-corrected chi connectivity index (χ2v) is 7.86. The molecule has 3 aromatic rings. The molecule has 3 rings (SSSR count). The van der Waals surface area contributed by atoms with Crippen LogP contribution in [-0.2, 0) is 21.4 Å². The number of nitrogens with one attached hydrogen (secondary N) is 3. The molecular weight excluding hydrogens is 382 g/mol. The molecule has 0 saturated heterocycles. The Morgan fingerprint density at radius 3 is 2.57 bits per heavy atom. The monoisotopic (exact) mass is 403 g/mol. The maximum absolute atomic E-state index is 12.4. The van der Waals surface area contributed by atoms with E-state index >= 15 is 0 Å². The van der Waals surface area contributed by atoms with E-state index in [4.69, 9.17) is 8.83 Å². The lowest BCUT2D eigenvalue weighted by Crippen LogP contribution is -2.30. The second kappa shape index (κ2) is 8.87. The van der Waals surface area contributed by atoms with Crippen molar-refractivity contribution in [1.29, 1.82) is 0 Å². The van der Waals surface area contributed by atoms with E-state index < -0.39 is 10.0 Å². The molecule has 2 aromatic heterocycles. The van der Waals surface area contributed by atoms with Crippen LogP contribution in [0.4, 0.5) is 5.69 Å². The highest BCUT2D eigenvalue weighted by molar-refractivity contribution is 7.89. The first kappa shape index (κ1) is 19.9. The van der Waals surface area contributed by atoms with Gasteiger partial charge in [-0.2, -0.15) is 0 Å². The van der Waals surface area contributed by atoms with Gasteiger partial charge in [0, 0.05) is 5.69 Å². The molecule has 148 valence electrons. The fraction of sp³-hybridized carbons (Fsp3) is 0.211. The van der Waals surface area contributed by atoms with Crippen LogP contribution in [0.3, 0.4) is 0 Å². The van der Waals surface area contributed by atoms with Gasteiger partial charge in [-0.25, -0.2) is 13.1 Å². The number of sulfonamides is 1. The van der Waals surface area contributed by atoms with Gasteiger partial charge in [0.15, 0.2) is 0 Å². The fourth-order valence-corrected chi connectivity index (χ4v) is 3.53. The number of benzene rings is 1. The van der Waals surface area contributed by atoms with Crippen LogP contribution in [0.25, 0.3) is 0 Å². The summed E-state index contributed by atoms with van der Waals surface area (Å²) in [5.41, 5.74) is 0.387. The van der Waals surface area contributed by atoms with Gasteiger partial charge >= 0.3 is 0 Å². The van der Waals surface area contributed by atoms with Crippen molar-refractivity contribution in [3.63, 3.8) is 0 Å². The number of furan rings is 2. The quantitative estimate of drug-likeness (QED) is 0.506. The third-order valence-corrected chi connectivity index (χ3v) is 5.38. The molecule has 3 N–H and O–H groups in total. The minimum atomic E-state index is -3.74. The Labute approximate surface area is 163 Å². The highest BCUT2D eigenvalue weighted by Crippen LogP contribution is 2.16. The summed E-state index contributed by atoms with van der Waals surface area (Å²) in [7, 11) is -3.74. The number of rotatable bonds is 9. The largest absolute Gasteiger partial charge is 0.468 e. The predicted octanol–water partition coefficient (Wildman–Crippen LogP) is 2.64. The van der Waals surface area contributed by atoms with Crippen molar-refractivity contribution in [1.82, 2.24) is 10.0 Å². The van der Waals surface area contributed by atoms with Crippen molar-refractivity contribution in [2.24, 2.45) is 0 Å². The number of anilines is 1. The molecule has 8 nitrogen and oxygen atoms in total. The molecular formula is C19H21N3O5S. The van der Waals surface area contributed by atoms with Crippen LogP contribution in [0.15, 0.2) is 74.8 Å². The lowest BCUT2D eigenvalue weighted by Gasteiger charge is -2.12. The van der Waals surface area contributed by atoms with E-state index in [1.165, 1.54) is 18.4 Å². The number of carbonyl (C=O) groups excluding carboxylic acids is 1. The summed E-state index contributed by atoms with van der Waals surface area (Å²) in [5, 5.41) is 5.72. The zero-order valence-electron chi connectivity index (χ0n) is 15.2. The summed E-state index contributed by atoms with van der Waals surface area (Å²) in [6.45, 7) is 1.97. The van der Waals surface area contributed by atoms with Gasteiger partial charge in [-0.15, -0.1) is 0 Å². The van der Waals surface area contributed by atoms with Gasteiger partial charge in [0.05, 0.1) is 36.6 Å². The number of amides is 1. The van der Waals surface area contributed by atoms with E-state index in [2.05, 4.69) is 15.4 Å². The predicted molar refractivity (Wildman–Crippen MR) is 103 cm³/mol. The third kappa shape index (κ3) is 5.32. The second-order valence-electron chi connectivity index (χ2n) is 6.10. The zero-order chi connectivity index (χ0) is 20.0. The average molecular weight is 403 g/mol. The van der Waals surface area contributed by atoms with Crippen LogP contribution in [0.5, 0.6) is 0 Å². The lowest BCUT2D eigenvalue weighted by molar-refractivity contribution is -0.115. The van der Waals surface area contributed by atoms with Crippen molar-refractivity contribution in [2.45, 2.75) is 24.4 Å². The summed E-state index contributed by atoms with van der Waals surface area (Å²) in [6, 6.07) is 12.9. The summed E-state index contributed by atoms with van der Waals surface area (Å²) < 4.78 is 37.7. The highest BCUT2D eigenvalue weighted by Gasteiger charge is 2.16. The molecule has 0 aliphatic carbocycles. The normalized spacial score (nSPS) is 12.6. The van der Waals surface area contributed by atoms with Gasteiger partial charge in [-0.1, -0.05) is 6.07 Å². The van der Waals surface area contributed by atoms with Crippen LogP contribution >= 0.6 is 0 Å². The fourth-order valence-electron chi connectivity index (χ4n) is 2.49. The molecule has 1 aromatic carbocycles. The molecule has 0 unspecified atom stereocenters. The standard InChI is InChI=1S/C19H21N3O5S/c1-14(18-8-4-10-27-18)20-13-19(23)22-15-5-2-7-17(11-15)28(24,25)21-12-16-6-3-9-26-16/h2-11,14,20-21H,12-13H2,1H3,(H,22,23)/t14-/m0/s1. The van der Waals surface area contributed by atoms with Gasteiger partial charge in [0.2, 0.25) is 15.9 Å². The van der Waals surface area contributed by atoms with Crippen molar-refractivity contribution in [3.8, 4) is 0 Å². The Bertz CT molecular complexity index is 998. The number of hydrogen-bond donors (Lipinski definition) is 3. The van der Waals surface area contributed by atoms with Crippen molar-refractivity contribution in [3.05, 3.63) is 72.6 Å². The van der Waals surface area contributed by atoms with Crippen LogP contribution in [-0.4, -0.2) is 20.9 Å². The average Bonchev–Trinajstić information content (AvgIpc) is 3.38. The Morgan fingerprint density at radius 2 is 1.86 bits per heavy atom. The van der Waals surface area contributed by atoms with Crippen molar-refractivity contribution >= 4 is 21.6 Å². The van der Waals surface area contributed by atoms with Gasteiger partial charge in [-0.3, -0.25) is 10.1 Å². The molecule has 0 fully saturated rings. The van der Waals surface area contributed by atoms with E-state index in [9.17, 15) is 13.2 Å². The van der Waals surface area contributed by atoms with E-state index in [0.717, 1.165) is 5.76 Å². The van der Waals surface area contributed by atoms with Gasteiger partial charge in [0.25, 0.3) is 0 Å². The first-order valence-corrected chi connectivity index (χ1v) is 10.1. The molecule has 0 aliphatic rings. The summed E-state index contributed by atoms with van der Waals surface area (Å²) in [6.07, 6.45) is 3.04. The van der Waals surface area contributed by atoms with E-state index in [1.54, 1.807) is 36.6 Å². The SMILES string of the molecule is C[C@H](NCC(=O)Nc1cccc(S(=O)(=O)NCc2ccco2)c1)c1ccco1. The molecule has 2 heterocycles. The first-order chi connectivity index (χ1) is 13.4. The molecule has 0 radical (unpaired) electrons. The van der Waals surface area contributed by atoms with E-state index in [-0.39, 0.29) is 29.9 Å². The molecule has 9 heteroatoms. The molecule has 0 spiro atoms. The Hall–Kier alpha value is -2.88. The van der Waals surface area contributed by atoms with E-state index in [0.29, 0.717) is 11.4 Å². The van der Waals surface area contributed by atoms with Crippen molar-refractivity contribution in [2.75, 3.05) is 11.9 Å². The van der Waals surface area contributed by atoms with Crippen LogP contribution < -0.4 is 15.4 Å². The molecule has 1 atom stereocenters. The summed E-state index contributed by atoms with van der Waals surface area (Å²) >= 11 is 0. The maximum Gasteiger partial charge on any atom is 0.241 e. The third-order valence-electron chi connectivity index (χ3n) is 3.98. The molecule has 1 amide bonds. The Balaban J connectivity index is 1.57. The highest BCUT2D eigenvalue weighted by atomic mass is 32.2. The number of hydrogen-bond acceptors (Lipinski definition) is 6.